The molecule has 0 aliphatic rings. The van der Waals surface area contributed by atoms with Crippen LogP contribution in [-0.4, -0.2) is 20.8 Å². The molecule has 7 heteroatoms. The van der Waals surface area contributed by atoms with Crippen molar-refractivity contribution < 1.29 is 13.2 Å². The van der Waals surface area contributed by atoms with Crippen LogP contribution in [0.4, 0.5) is 13.2 Å². The highest BCUT2D eigenvalue weighted by Crippen LogP contribution is 2.28. The fourth-order valence-corrected chi connectivity index (χ4v) is 1.69. The van der Waals surface area contributed by atoms with Gasteiger partial charge in [0.05, 0.1) is 11.9 Å². The molecule has 0 amide bonds. The van der Waals surface area contributed by atoms with E-state index in [0.717, 1.165) is 11.6 Å². The summed E-state index contributed by atoms with van der Waals surface area (Å²) in [6.07, 6.45) is -0.0397. The van der Waals surface area contributed by atoms with Crippen LogP contribution >= 0.6 is 0 Å². The summed E-state index contributed by atoms with van der Waals surface area (Å²) in [6.45, 7) is 4.53. The van der Waals surface area contributed by atoms with Crippen LogP contribution in [0.2, 0.25) is 0 Å². The standard InChI is InChI=1S/C13H15F3N4/c1-9(2)18-7-10-3-5-17-8-11(10)20-6-4-12(19-20)13(14,15)16/h3-6,8-9,18H,7H2,1-2H3. The number of rotatable bonds is 4. The fraction of sp³-hybridized carbons (Fsp3) is 0.385. The molecule has 0 bridgehead atoms. The van der Waals surface area contributed by atoms with Gasteiger partial charge in [-0.1, -0.05) is 13.8 Å². The van der Waals surface area contributed by atoms with Crippen molar-refractivity contribution in [3.8, 4) is 5.69 Å². The Balaban J connectivity index is 2.30. The van der Waals surface area contributed by atoms with E-state index in [1.54, 1.807) is 12.3 Å². The number of hydrogen-bond donors (Lipinski definition) is 1. The van der Waals surface area contributed by atoms with E-state index in [4.69, 9.17) is 0 Å². The van der Waals surface area contributed by atoms with Crippen molar-refractivity contribution in [3.05, 3.63) is 42.0 Å². The van der Waals surface area contributed by atoms with Gasteiger partial charge in [0.2, 0.25) is 0 Å². The Kier molecular flexibility index (Phi) is 4.08. The molecule has 0 unspecified atom stereocenters. The second-order valence-corrected chi connectivity index (χ2v) is 4.68. The second kappa shape index (κ2) is 5.62. The smallest absolute Gasteiger partial charge is 0.310 e. The highest BCUT2D eigenvalue weighted by molar-refractivity contribution is 5.37. The maximum atomic E-state index is 12.6. The fourth-order valence-electron chi connectivity index (χ4n) is 1.69. The molecule has 2 heterocycles. The van der Waals surface area contributed by atoms with E-state index in [9.17, 15) is 13.2 Å². The zero-order valence-corrected chi connectivity index (χ0v) is 11.1. The first kappa shape index (κ1) is 14.5. The largest absolute Gasteiger partial charge is 0.435 e. The molecule has 0 fully saturated rings. The quantitative estimate of drug-likeness (QED) is 0.938. The maximum absolute atomic E-state index is 12.6. The predicted molar refractivity (Wildman–Crippen MR) is 68.3 cm³/mol. The van der Waals surface area contributed by atoms with Gasteiger partial charge in [-0.15, -0.1) is 0 Å². The molecule has 0 aliphatic heterocycles. The summed E-state index contributed by atoms with van der Waals surface area (Å²) in [7, 11) is 0. The van der Waals surface area contributed by atoms with E-state index in [2.05, 4.69) is 15.4 Å². The molecule has 0 aromatic carbocycles. The minimum absolute atomic E-state index is 0.277. The molecule has 0 saturated carbocycles. The molecule has 1 N–H and O–H groups in total. The third-order valence-electron chi connectivity index (χ3n) is 2.71. The average Bonchev–Trinajstić information content (AvgIpc) is 2.86. The van der Waals surface area contributed by atoms with Crippen LogP contribution in [0.3, 0.4) is 0 Å². The van der Waals surface area contributed by atoms with Gasteiger partial charge in [0.1, 0.15) is 0 Å². The van der Waals surface area contributed by atoms with Crippen molar-refractivity contribution in [2.45, 2.75) is 32.6 Å². The Bertz CT molecular complexity index is 575. The first-order valence-electron chi connectivity index (χ1n) is 6.17. The first-order chi connectivity index (χ1) is 9.38. The van der Waals surface area contributed by atoms with Crippen molar-refractivity contribution in [2.75, 3.05) is 0 Å². The molecule has 20 heavy (non-hydrogen) atoms. The van der Waals surface area contributed by atoms with Crippen LogP contribution in [0.1, 0.15) is 25.1 Å². The highest BCUT2D eigenvalue weighted by atomic mass is 19.4. The minimum Gasteiger partial charge on any atom is -0.310 e. The lowest BCUT2D eigenvalue weighted by Gasteiger charge is -2.12. The number of alkyl halides is 3. The third kappa shape index (κ3) is 3.36. The van der Waals surface area contributed by atoms with E-state index >= 15 is 0 Å². The van der Waals surface area contributed by atoms with Crippen molar-refractivity contribution in [1.29, 1.82) is 0 Å². The van der Waals surface area contributed by atoms with Gasteiger partial charge in [-0.05, 0) is 17.7 Å². The summed E-state index contributed by atoms with van der Waals surface area (Å²) in [5.41, 5.74) is 0.464. The van der Waals surface area contributed by atoms with Gasteiger partial charge in [-0.25, -0.2) is 4.68 Å². The Labute approximate surface area is 114 Å². The number of hydrogen-bond acceptors (Lipinski definition) is 3. The number of halogens is 3. The summed E-state index contributed by atoms with van der Waals surface area (Å²) in [6, 6.07) is 2.99. The number of nitrogens with zero attached hydrogens (tertiary/aromatic N) is 3. The highest BCUT2D eigenvalue weighted by Gasteiger charge is 2.33. The molecule has 0 radical (unpaired) electrons. The monoisotopic (exact) mass is 284 g/mol. The van der Waals surface area contributed by atoms with Gasteiger partial charge in [0, 0.05) is 25.0 Å². The van der Waals surface area contributed by atoms with Crippen LogP contribution in [0, 0.1) is 0 Å². The average molecular weight is 284 g/mol. The summed E-state index contributed by atoms with van der Waals surface area (Å²) in [5.74, 6) is 0. The van der Waals surface area contributed by atoms with Crippen LogP contribution < -0.4 is 5.32 Å². The topological polar surface area (TPSA) is 42.7 Å². The molecule has 0 spiro atoms. The van der Waals surface area contributed by atoms with Gasteiger partial charge in [0.15, 0.2) is 5.69 Å². The molecular weight excluding hydrogens is 269 g/mol. The lowest BCUT2D eigenvalue weighted by molar-refractivity contribution is -0.141. The van der Waals surface area contributed by atoms with Crippen LogP contribution in [0.15, 0.2) is 30.7 Å². The number of pyridine rings is 1. The molecule has 108 valence electrons. The summed E-state index contributed by atoms with van der Waals surface area (Å²) in [5, 5.41) is 6.78. The van der Waals surface area contributed by atoms with Crippen LogP contribution in [0.5, 0.6) is 0 Å². The number of aromatic nitrogens is 3. The molecule has 0 atom stereocenters. The molecular formula is C13H15F3N4. The Morgan fingerprint density at radius 1 is 1.30 bits per heavy atom. The zero-order valence-electron chi connectivity index (χ0n) is 11.1. The van der Waals surface area contributed by atoms with Gasteiger partial charge < -0.3 is 5.32 Å². The van der Waals surface area contributed by atoms with E-state index in [1.165, 1.54) is 17.1 Å². The molecule has 2 aromatic heterocycles. The second-order valence-electron chi connectivity index (χ2n) is 4.68. The van der Waals surface area contributed by atoms with Gasteiger partial charge in [-0.2, -0.15) is 18.3 Å². The summed E-state index contributed by atoms with van der Waals surface area (Å²) < 4.78 is 38.9. The lowest BCUT2D eigenvalue weighted by atomic mass is 10.2. The molecule has 4 nitrogen and oxygen atoms in total. The SMILES string of the molecule is CC(C)NCc1ccncc1-n1ccc(C(F)(F)F)n1. The third-order valence-corrected chi connectivity index (χ3v) is 2.71. The Hall–Kier alpha value is -1.89. The predicted octanol–water partition coefficient (Wildman–Crippen LogP) is 2.78. The van der Waals surface area contributed by atoms with Crippen LogP contribution in [0.25, 0.3) is 5.69 Å². The van der Waals surface area contributed by atoms with E-state index in [0.29, 0.717) is 12.2 Å². The molecule has 0 saturated heterocycles. The van der Waals surface area contributed by atoms with E-state index < -0.39 is 11.9 Å². The zero-order chi connectivity index (χ0) is 14.8. The Morgan fingerprint density at radius 3 is 2.65 bits per heavy atom. The van der Waals surface area contributed by atoms with Gasteiger partial charge >= 0.3 is 6.18 Å². The Morgan fingerprint density at radius 2 is 2.05 bits per heavy atom. The molecule has 0 aliphatic carbocycles. The van der Waals surface area contributed by atoms with Crippen LogP contribution in [-0.2, 0) is 12.7 Å². The summed E-state index contributed by atoms with van der Waals surface area (Å²) >= 11 is 0. The molecule has 2 rings (SSSR count). The van der Waals surface area contributed by atoms with E-state index in [1.807, 2.05) is 13.8 Å². The lowest BCUT2D eigenvalue weighted by Crippen LogP contribution is -2.22. The van der Waals surface area contributed by atoms with Crippen molar-refractivity contribution in [3.63, 3.8) is 0 Å². The minimum atomic E-state index is -4.44. The molecule has 2 aromatic rings. The van der Waals surface area contributed by atoms with E-state index in [-0.39, 0.29) is 6.04 Å². The van der Waals surface area contributed by atoms with Crippen molar-refractivity contribution >= 4 is 0 Å². The van der Waals surface area contributed by atoms with Crippen molar-refractivity contribution in [2.24, 2.45) is 0 Å². The number of nitrogens with one attached hydrogen (secondary N) is 1. The maximum Gasteiger partial charge on any atom is 0.435 e. The normalized spacial score (nSPS) is 12.1. The van der Waals surface area contributed by atoms with Gasteiger partial charge in [0.25, 0.3) is 0 Å². The van der Waals surface area contributed by atoms with Crippen molar-refractivity contribution in [1.82, 2.24) is 20.1 Å². The first-order valence-corrected chi connectivity index (χ1v) is 6.17. The van der Waals surface area contributed by atoms with Gasteiger partial charge in [-0.3, -0.25) is 4.98 Å². The summed E-state index contributed by atoms with van der Waals surface area (Å²) in [4.78, 5) is 3.95.